The minimum absolute atomic E-state index is 0.107. The van der Waals surface area contributed by atoms with Crippen LogP contribution in [0.1, 0.15) is 24.1 Å². The van der Waals surface area contributed by atoms with Gasteiger partial charge in [-0.3, -0.25) is 4.79 Å². The van der Waals surface area contributed by atoms with E-state index in [-0.39, 0.29) is 11.5 Å². The second-order valence-electron chi connectivity index (χ2n) is 5.60. The van der Waals surface area contributed by atoms with Crippen molar-refractivity contribution >= 4 is 16.0 Å². The molecule has 0 aliphatic carbocycles. The Balaban J connectivity index is 2.35. The fraction of sp³-hybridized carbons (Fsp3) is 0.278. The third-order valence-corrected chi connectivity index (χ3v) is 5.15. The number of esters is 1. The Kier molecular flexibility index (Phi) is 6.30. The fourth-order valence-electron chi connectivity index (χ4n) is 2.34. The molecule has 0 amide bonds. The monoisotopic (exact) mass is 362 g/mol. The highest BCUT2D eigenvalue weighted by atomic mass is 32.2. The molecule has 6 nitrogen and oxygen atoms in total. The lowest BCUT2D eigenvalue weighted by atomic mass is 10.0. The summed E-state index contributed by atoms with van der Waals surface area (Å²) in [6.07, 6.45) is 0. The van der Waals surface area contributed by atoms with Crippen LogP contribution in [-0.2, 0) is 19.6 Å². The van der Waals surface area contributed by atoms with E-state index in [0.717, 1.165) is 5.56 Å². The Bertz CT molecular complexity index is 805. The molecule has 0 aromatic heterocycles. The summed E-state index contributed by atoms with van der Waals surface area (Å²) < 4.78 is 32.9. The lowest BCUT2D eigenvalue weighted by molar-refractivity contribution is -0.145. The highest BCUT2D eigenvalue weighted by molar-refractivity contribution is 7.89. The van der Waals surface area contributed by atoms with Gasteiger partial charge in [-0.2, -0.15) is 0 Å². The molecule has 0 bridgehead atoms. The van der Waals surface area contributed by atoms with Gasteiger partial charge in [0.1, 0.15) is 6.04 Å². The van der Waals surface area contributed by atoms with Crippen molar-refractivity contribution in [2.45, 2.75) is 30.8 Å². The summed E-state index contributed by atoms with van der Waals surface area (Å²) >= 11 is 0. The summed E-state index contributed by atoms with van der Waals surface area (Å²) in [5.41, 5.74) is 7.52. The molecule has 2 rings (SSSR count). The predicted molar refractivity (Wildman–Crippen MR) is 95.3 cm³/mol. The third kappa shape index (κ3) is 4.88. The highest BCUT2D eigenvalue weighted by Crippen LogP contribution is 2.21. The maximum absolute atomic E-state index is 12.7. The van der Waals surface area contributed by atoms with Crippen LogP contribution in [0.15, 0.2) is 59.5 Å². The van der Waals surface area contributed by atoms with Gasteiger partial charge in [0.2, 0.25) is 10.0 Å². The number of nitrogens with two attached hydrogens (primary N) is 1. The summed E-state index contributed by atoms with van der Waals surface area (Å²) in [4.78, 5) is 12.1. The quantitative estimate of drug-likeness (QED) is 0.733. The van der Waals surface area contributed by atoms with E-state index in [1.54, 1.807) is 49.4 Å². The number of rotatable bonds is 7. The second kappa shape index (κ2) is 8.24. The summed E-state index contributed by atoms with van der Waals surface area (Å²) in [5.74, 6) is -0.664. The minimum Gasteiger partial charge on any atom is -0.465 e. The maximum atomic E-state index is 12.7. The van der Waals surface area contributed by atoms with E-state index < -0.39 is 28.1 Å². The molecule has 0 aliphatic rings. The smallest absolute Gasteiger partial charge is 0.324 e. The van der Waals surface area contributed by atoms with Gasteiger partial charge >= 0.3 is 5.97 Å². The Labute approximate surface area is 148 Å². The normalized spacial score (nSPS) is 13.9. The summed E-state index contributed by atoms with van der Waals surface area (Å²) in [5, 5.41) is 0. The molecule has 0 unspecified atom stereocenters. The first-order valence-corrected chi connectivity index (χ1v) is 9.39. The maximum Gasteiger partial charge on any atom is 0.324 e. The van der Waals surface area contributed by atoms with Gasteiger partial charge in [-0.15, -0.1) is 0 Å². The van der Waals surface area contributed by atoms with Crippen LogP contribution in [0.4, 0.5) is 0 Å². The van der Waals surface area contributed by atoms with Crippen molar-refractivity contribution in [3.63, 3.8) is 0 Å². The van der Waals surface area contributed by atoms with Crippen LogP contribution in [0.3, 0.4) is 0 Å². The number of carbonyl (C=O) groups excluding carboxylic acids is 1. The van der Waals surface area contributed by atoms with Crippen molar-refractivity contribution in [2.24, 2.45) is 5.73 Å². The SMILES string of the molecule is CCOC(=O)[C@H](N)[C@H](NS(=O)(=O)c1ccc(C)cc1)c1ccccc1. The number of sulfonamides is 1. The minimum atomic E-state index is -3.86. The summed E-state index contributed by atoms with van der Waals surface area (Å²) in [6.45, 7) is 3.70. The van der Waals surface area contributed by atoms with Crippen LogP contribution in [0.5, 0.6) is 0 Å². The van der Waals surface area contributed by atoms with E-state index >= 15 is 0 Å². The second-order valence-corrected chi connectivity index (χ2v) is 7.31. The van der Waals surface area contributed by atoms with Crippen molar-refractivity contribution in [1.29, 1.82) is 0 Å². The number of nitrogens with one attached hydrogen (secondary N) is 1. The molecular formula is C18H22N2O4S. The van der Waals surface area contributed by atoms with E-state index in [9.17, 15) is 13.2 Å². The summed E-state index contributed by atoms with van der Waals surface area (Å²) in [7, 11) is -3.86. The molecule has 7 heteroatoms. The van der Waals surface area contributed by atoms with Crippen molar-refractivity contribution in [1.82, 2.24) is 4.72 Å². The zero-order valence-corrected chi connectivity index (χ0v) is 15.0. The van der Waals surface area contributed by atoms with Crippen LogP contribution in [0, 0.1) is 6.92 Å². The largest absolute Gasteiger partial charge is 0.465 e. The fourth-order valence-corrected chi connectivity index (χ4v) is 3.58. The van der Waals surface area contributed by atoms with Gasteiger partial charge in [0.05, 0.1) is 17.5 Å². The van der Waals surface area contributed by atoms with Crippen molar-refractivity contribution in [3.05, 3.63) is 65.7 Å². The van der Waals surface area contributed by atoms with Gasteiger partial charge in [-0.05, 0) is 31.5 Å². The molecule has 0 saturated carbocycles. The first-order chi connectivity index (χ1) is 11.8. The number of benzene rings is 2. The molecule has 134 valence electrons. The third-order valence-electron chi connectivity index (χ3n) is 3.69. The van der Waals surface area contributed by atoms with E-state index in [1.165, 1.54) is 12.1 Å². The highest BCUT2D eigenvalue weighted by Gasteiger charge is 2.31. The number of carbonyl (C=O) groups is 1. The standard InChI is InChI=1S/C18H22N2O4S/c1-3-24-18(21)16(19)17(14-7-5-4-6-8-14)20-25(22,23)15-11-9-13(2)10-12-15/h4-12,16-17,20H,3,19H2,1-2H3/t16-,17-/m1/s1. The zero-order valence-electron chi connectivity index (χ0n) is 14.2. The Hall–Kier alpha value is -2.22. The topological polar surface area (TPSA) is 98.5 Å². The van der Waals surface area contributed by atoms with Crippen LogP contribution in [-0.4, -0.2) is 27.0 Å². The van der Waals surface area contributed by atoms with Crippen molar-refractivity contribution in [2.75, 3.05) is 6.61 Å². The van der Waals surface area contributed by atoms with Gasteiger partial charge in [0, 0.05) is 0 Å². The molecule has 0 fully saturated rings. The van der Waals surface area contributed by atoms with Crippen LogP contribution in [0.2, 0.25) is 0 Å². The van der Waals surface area contributed by atoms with E-state index in [1.807, 2.05) is 6.92 Å². The molecule has 0 spiro atoms. The number of aryl methyl sites for hydroxylation is 1. The Morgan fingerprint density at radius 1 is 1.12 bits per heavy atom. The molecule has 2 aromatic carbocycles. The summed E-state index contributed by atoms with van der Waals surface area (Å²) in [6, 6.07) is 13.0. The Morgan fingerprint density at radius 2 is 1.72 bits per heavy atom. The molecule has 0 radical (unpaired) electrons. The molecule has 25 heavy (non-hydrogen) atoms. The van der Waals surface area contributed by atoms with E-state index in [2.05, 4.69) is 4.72 Å². The number of hydrogen-bond donors (Lipinski definition) is 2. The van der Waals surface area contributed by atoms with Gasteiger partial charge in [0.25, 0.3) is 0 Å². The van der Waals surface area contributed by atoms with Crippen LogP contribution in [0.25, 0.3) is 0 Å². The van der Waals surface area contributed by atoms with Crippen molar-refractivity contribution < 1.29 is 17.9 Å². The average Bonchev–Trinajstić information content (AvgIpc) is 2.60. The molecule has 2 aromatic rings. The lowest BCUT2D eigenvalue weighted by Crippen LogP contribution is -2.46. The predicted octanol–water partition coefficient (Wildman–Crippen LogP) is 1.91. The van der Waals surface area contributed by atoms with Gasteiger partial charge in [-0.1, -0.05) is 48.0 Å². The first kappa shape index (κ1) is 19.1. The van der Waals surface area contributed by atoms with Gasteiger partial charge < -0.3 is 10.5 Å². The molecule has 0 saturated heterocycles. The zero-order chi connectivity index (χ0) is 18.4. The van der Waals surface area contributed by atoms with Crippen molar-refractivity contribution in [3.8, 4) is 0 Å². The molecule has 3 N–H and O–H groups in total. The molecule has 0 aliphatic heterocycles. The Morgan fingerprint density at radius 3 is 2.28 bits per heavy atom. The van der Waals surface area contributed by atoms with Gasteiger partial charge in [-0.25, -0.2) is 13.1 Å². The molecular weight excluding hydrogens is 340 g/mol. The number of hydrogen-bond acceptors (Lipinski definition) is 5. The van der Waals surface area contributed by atoms with E-state index in [4.69, 9.17) is 10.5 Å². The average molecular weight is 362 g/mol. The lowest BCUT2D eigenvalue weighted by Gasteiger charge is -2.24. The van der Waals surface area contributed by atoms with Crippen LogP contribution < -0.4 is 10.5 Å². The van der Waals surface area contributed by atoms with E-state index in [0.29, 0.717) is 5.56 Å². The first-order valence-electron chi connectivity index (χ1n) is 7.91. The molecule has 2 atom stereocenters. The van der Waals surface area contributed by atoms with Gasteiger partial charge in [0.15, 0.2) is 0 Å². The molecule has 0 heterocycles. The number of ether oxygens (including phenoxy) is 1. The van der Waals surface area contributed by atoms with Crippen LogP contribution >= 0.6 is 0 Å².